The van der Waals surface area contributed by atoms with Crippen LogP contribution in [0.2, 0.25) is 0 Å². The summed E-state index contributed by atoms with van der Waals surface area (Å²) < 4.78 is 68.4. The zero-order chi connectivity index (χ0) is 29.6. The highest BCUT2D eigenvalue weighted by Crippen LogP contribution is 2.47. The van der Waals surface area contributed by atoms with E-state index in [-0.39, 0.29) is 40.5 Å². The third-order valence-electron chi connectivity index (χ3n) is 7.17. The Bertz CT molecular complexity index is 1630. The van der Waals surface area contributed by atoms with Crippen LogP contribution in [0.5, 0.6) is 11.5 Å². The van der Waals surface area contributed by atoms with Crippen molar-refractivity contribution >= 4 is 16.8 Å². The molecule has 2 atom stereocenters. The predicted octanol–water partition coefficient (Wildman–Crippen LogP) is 4.27. The standard InChI is InChI=1S/C29H25F4N3O5/c1-27(14-37)15-41-25-20(27)12-22(36-24(25)16-5-7-19(30)8-6-16)28(39,29(31,32)33)13-35-26(38)18-10-17-4-3-9-34-23(17)21(11-18)40-2/h3-12,37,39H,13-15H2,1-2H3,(H,35,38)/t27-,28?/m0/s1. The molecule has 0 saturated heterocycles. The molecule has 41 heavy (non-hydrogen) atoms. The van der Waals surface area contributed by atoms with Gasteiger partial charge in [-0.2, -0.15) is 13.2 Å². The number of carbonyl (C=O) groups is 1. The van der Waals surface area contributed by atoms with Crippen molar-refractivity contribution in [3.63, 3.8) is 0 Å². The number of aliphatic hydroxyl groups excluding tert-OH is 1. The van der Waals surface area contributed by atoms with Crippen LogP contribution < -0.4 is 14.8 Å². The molecule has 5 rings (SSSR count). The molecule has 0 fully saturated rings. The number of rotatable bonds is 7. The minimum Gasteiger partial charge on any atom is -0.494 e. The topological polar surface area (TPSA) is 114 Å². The van der Waals surface area contributed by atoms with Gasteiger partial charge < -0.3 is 25.0 Å². The minimum atomic E-state index is -5.29. The molecule has 1 aliphatic heterocycles. The Morgan fingerprint density at radius 3 is 2.56 bits per heavy atom. The number of hydrogen-bond donors (Lipinski definition) is 3. The summed E-state index contributed by atoms with van der Waals surface area (Å²) in [6, 6.07) is 12.0. The van der Waals surface area contributed by atoms with Crippen LogP contribution in [0.4, 0.5) is 17.6 Å². The normalized spacial score (nSPS) is 18.0. The summed E-state index contributed by atoms with van der Waals surface area (Å²) in [6.07, 6.45) is -3.76. The van der Waals surface area contributed by atoms with E-state index >= 15 is 0 Å². The van der Waals surface area contributed by atoms with Crippen LogP contribution in [0, 0.1) is 5.82 Å². The lowest BCUT2D eigenvalue weighted by Crippen LogP contribution is -2.51. The quantitative estimate of drug-likeness (QED) is 0.284. The van der Waals surface area contributed by atoms with Crippen molar-refractivity contribution in [2.45, 2.75) is 24.1 Å². The summed E-state index contributed by atoms with van der Waals surface area (Å²) >= 11 is 0. The Kier molecular flexibility index (Phi) is 7.08. The Labute approximate surface area is 231 Å². The second-order valence-corrected chi connectivity index (χ2v) is 10.0. The average Bonchev–Trinajstić information content (AvgIpc) is 3.31. The molecule has 3 N–H and O–H groups in total. The van der Waals surface area contributed by atoms with Crippen molar-refractivity contribution in [2.24, 2.45) is 0 Å². The Balaban J connectivity index is 1.57. The average molecular weight is 572 g/mol. The van der Waals surface area contributed by atoms with Crippen molar-refractivity contribution in [3.05, 3.63) is 83.4 Å². The number of benzene rings is 2. The molecule has 12 heteroatoms. The monoisotopic (exact) mass is 571 g/mol. The summed E-state index contributed by atoms with van der Waals surface area (Å²) in [7, 11) is 1.37. The van der Waals surface area contributed by atoms with Crippen molar-refractivity contribution in [3.8, 4) is 22.8 Å². The van der Waals surface area contributed by atoms with E-state index in [0.717, 1.165) is 18.2 Å². The number of amides is 1. The van der Waals surface area contributed by atoms with Crippen molar-refractivity contribution < 1.29 is 42.0 Å². The number of halogens is 4. The number of aliphatic hydroxyl groups is 2. The number of methoxy groups -OCH3 is 1. The van der Waals surface area contributed by atoms with E-state index in [1.54, 1.807) is 19.1 Å². The predicted molar refractivity (Wildman–Crippen MR) is 140 cm³/mol. The molecule has 2 aromatic heterocycles. The van der Waals surface area contributed by atoms with E-state index < -0.39 is 47.8 Å². The van der Waals surface area contributed by atoms with Crippen molar-refractivity contribution in [2.75, 3.05) is 26.9 Å². The summed E-state index contributed by atoms with van der Waals surface area (Å²) in [4.78, 5) is 21.4. The minimum absolute atomic E-state index is 0.0120. The molecule has 3 heterocycles. The highest BCUT2D eigenvalue weighted by molar-refractivity contribution is 5.99. The maximum atomic E-state index is 14.6. The molecule has 1 unspecified atom stereocenters. The molecular weight excluding hydrogens is 546 g/mol. The van der Waals surface area contributed by atoms with Gasteiger partial charge in [0, 0.05) is 28.3 Å². The van der Waals surface area contributed by atoms with E-state index in [1.165, 1.54) is 37.6 Å². The lowest BCUT2D eigenvalue weighted by atomic mass is 9.83. The van der Waals surface area contributed by atoms with Gasteiger partial charge in [-0.05, 0) is 55.5 Å². The van der Waals surface area contributed by atoms with Gasteiger partial charge in [0.05, 0.1) is 31.4 Å². The van der Waals surface area contributed by atoms with Crippen LogP contribution in [0.25, 0.3) is 22.2 Å². The molecule has 214 valence electrons. The van der Waals surface area contributed by atoms with Crippen LogP contribution in [-0.2, 0) is 11.0 Å². The summed E-state index contributed by atoms with van der Waals surface area (Å²) in [6.45, 7) is -0.217. The molecular formula is C29H25F4N3O5. The highest BCUT2D eigenvalue weighted by Gasteiger charge is 2.57. The van der Waals surface area contributed by atoms with Gasteiger partial charge in [-0.15, -0.1) is 0 Å². The first-order chi connectivity index (χ1) is 19.4. The first-order valence-corrected chi connectivity index (χ1v) is 12.5. The molecule has 0 radical (unpaired) electrons. The summed E-state index contributed by atoms with van der Waals surface area (Å²) in [5, 5.41) is 23.9. The second kappa shape index (κ2) is 10.3. The van der Waals surface area contributed by atoms with Crippen LogP contribution in [0.1, 0.15) is 28.5 Å². The SMILES string of the molecule is COc1cc(C(=O)NCC(O)(c2cc3c(c(-c4ccc(F)cc4)n2)OC[C@]3(C)CO)C(F)(F)F)cc2cccnc12. The van der Waals surface area contributed by atoms with E-state index in [2.05, 4.69) is 15.3 Å². The lowest BCUT2D eigenvalue weighted by molar-refractivity contribution is -0.265. The molecule has 0 bridgehead atoms. The number of pyridine rings is 2. The van der Waals surface area contributed by atoms with Gasteiger partial charge in [0.1, 0.15) is 35.1 Å². The molecule has 1 amide bonds. The van der Waals surface area contributed by atoms with E-state index in [4.69, 9.17) is 9.47 Å². The number of alkyl halides is 3. The van der Waals surface area contributed by atoms with Gasteiger partial charge in [0.2, 0.25) is 5.60 Å². The number of carbonyl (C=O) groups excluding carboxylic acids is 1. The van der Waals surface area contributed by atoms with Gasteiger partial charge in [-0.3, -0.25) is 9.78 Å². The fraction of sp³-hybridized carbons (Fsp3) is 0.276. The molecule has 1 aliphatic rings. The second-order valence-electron chi connectivity index (χ2n) is 10.0. The summed E-state index contributed by atoms with van der Waals surface area (Å²) in [5.41, 5.74) is -4.78. The van der Waals surface area contributed by atoms with Crippen LogP contribution in [0.3, 0.4) is 0 Å². The number of ether oxygens (including phenoxy) is 2. The van der Waals surface area contributed by atoms with E-state index in [0.29, 0.717) is 10.9 Å². The van der Waals surface area contributed by atoms with Crippen molar-refractivity contribution in [1.29, 1.82) is 0 Å². The smallest absolute Gasteiger partial charge is 0.424 e. The molecule has 0 spiro atoms. The zero-order valence-corrected chi connectivity index (χ0v) is 21.9. The maximum absolute atomic E-state index is 14.6. The number of aromatic nitrogens is 2. The number of fused-ring (bicyclic) bond motifs is 2. The first kappa shape index (κ1) is 28.2. The van der Waals surface area contributed by atoms with Crippen LogP contribution in [-0.4, -0.2) is 59.1 Å². The third-order valence-corrected chi connectivity index (χ3v) is 7.17. The fourth-order valence-corrected chi connectivity index (χ4v) is 4.67. The van der Waals surface area contributed by atoms with Gasteiger partial charge in [0.15, 0.2) is 0 Å². The largest absolute Gasteiger partial charge is 0.494 e. The van der Waals surface area contributed by atoms with Gasteiger partial charge in [-0.1, -0.05) is 6.07 Å². The Morgan fingerprint density at radius 1 is 1.17 bits per heavy atom. The Morgan fingerprint density at radius 2 is 1.90 bits per heavy atom. The molecule has 0 saturated carbocycles. The number of hydrogen-bond acceptors (Lipinski definition) is 7. The van der Waals surface area contributed by atoms with Gasteiger partial charge in [0.25, 0.3) is 5.91 Å². The van der Waals surface area contributed by atoms with Crippen molar-refractivity contribution in [1.82, 2.24) is 15.3 Å². The number of nitrogens with zero attached hydrogens (tertiary/aromatic N) is 2. The summed E-state index contributed by atoms with van der Waals surface area (Å²) in [5.74, 6) is -1.12. The maximum Gasteiger partial charge on any atom is 0.424 e. The van der Waals surface area contributed by atoms with E-state index in [9.17, 15) is 32.6 Å². The highest BCUT2D eigenvalue weighted by atomic mass is 19.4. The van der Waals surface area contributed by atoms with Gasteiger partial charge >= 0.3 is 6.18 Å². The molecule has 2 aromatic carbocycles. The fourth-order valence-electron chi connectivity index (χ4n) is 4.67. The van der Waals surface area contributed by atoms with Crippen LogP contribution >= 0.6 is 0 Å². The molecule has 4 aromatic rings. The van der Waals surface area contributed by atoms with Gasteiger partial charge in [-0.25, -0.2) is 9.37 Å². The lowest BCUT2D eigenvalue weighted by Gasteiger charge is -2.31. The van der Waals surface area contributed by atoms with E-state index in [1.807, 2.05) is 0 Å². The molecule has 8 nitrogen and oxygen atoms in total. The number of nitrogens with one attached hydrogen (secondary N) is 1. The van der Waals surface area contributed by atoms with Crippen LogP contribution in [0.15, 0.2) is 60.8 Å². The Hall–Kier alpha value is -4.29. The first-order valence-electron chi connectivity index (χ1n) is 12.5. The molecule has 0 aliphatic carbocycles. The third kappa shape index (κ3) is 4.93. The zero-order valence-electron chi connectivity index (χ0n) is 21.9.